The third-order valence-electron chi connectivity index (χ3n) is 1.58. The van der Waals surface area contributed by atoms with Crippen LogP contribution in [0.2, 0.25) is 0 Å². The van der Waals surface area contributed by atoms with Crippen molar-refractivity contribution >= 4 is 23.1 Å². The Bertz CT molecular complexity index is 384. The maximum Gasteiger partial charge on any atom is 0.269 e. The van der Waals surface area contributed by atoms with Crippen molar-refractivity contribution in [3.8, 4) is 0 Å². The second-order valence-corrected chi connectivity index (χ2v) is 2.71. The van der Waals surface area contributed by atoms with Gasteiger partial charge in [0.25, 0.3) is 5.69 Å². The van der Waals surface area contributed by atoms with Crippen molar-refractivity contribution in [2.45, 2.75) is 0 Å². The Hall–Kier alpha value is -1.68. The highest BCUT2D eigenvalue weighted by atomic mass is 35.5. The highest BCUT2D eigenvalue weighted by Gasteiger charge is 2.06. The average molecular weight is 212 g/mol. The van der Waals surface area contributed by atoms with Crippen molar-refractivity contribution in [2.75, 3.05) is 0 Å². The molecule has 0 aromatic heterocycles. The molecule has 72 valence electrons. The van der Waals surface area contributed by atoms with Crippen molar-refractivity contribution in [3.05, 3.63) is 51.6 Å². The van der Waals surface area contributed by atoms with Gasteiger partial charge in [0.05, 0.1) is 4.92 Å². The van der Waals surface area contributed by atoms with Crippen LogP contribution in [0.15, 0.2) is 35.9 Å². The zero-order chi connectivity index (χ0) is 10.6. The molecule has 0 aliphatic heterocycles. The van der Waals surface area contributed by atoms with E-state index in [1.165, 1.54) is 30.3 Å². The smallest absolute Gasteiger partial charge is 0.269 e. The van der Waals surface area contributed by atoms with Crippen LogP contribution in [0, 0.1) is 10.1 Å². The van der Waals surface area contributed by atoms with E-state index in [1.807, 2.05) is 0 Å². The summed E-state index contributed by atoms with van der Waals surface area (Å²) in [6, 6.07) is 5.32. The van der Waals surface area contributed by atoms with Gasteiger partial charge in [-0.1, -0.05) is 11.6 Å². The minimum absolute atomic E-state index is 0.0450. The van der Waals surface area contributed by atoms with Gasteiger partial charge in [0.2, 0.25) is 0 Å². The minimum Gasteiger partial charge on any atom is -0.289 e. The van der Waals surface area contributed by atoms with Crippen LogP contribution in [-0.4, -0.2) is 10.7 Å². The lowest BCUT2D eigenvalue weighted by atomic mass is 10.1. The minimum atomic E-state index is -0.522. The average Bonchev–Trinajstić information content (AvgIpc) is 2.18. The standard InChI is InChI=1S/C9H6ClNO3/c10-6-5-9(12)7-1-3-8(4-2-7)11(13)14/h1-6H/b6-5+. The van der Waals surface area contributed by atoms with Gasteiger partial charge in [0.1, 0.15) is 0 Å². The molecule has 0 spiro atoms. The van der Waals surface area contributed by atoms with Gasteiger partial charge < -0.3 is 0 Å². The number of allylic oxidation sites excluding steroid dienone is 1. The molecule has 0 aliphatic rings. The molecule has 0 aliphatic carbocycles. The molecule has 0 amide bonds. The summed E-state index contributed by atoms with van der Waals surface area (Å²) in [4.78, 5) is 21.0. The molecule has 0 unspecified atom stereocenters. The van der Waals surface area contributed by atoms with Gasteiger partial charge in [-0.25, -0.2) is 0 Å². The second kappa shape index (κ2) is 4.53. The molecular formula is C9H6ClNO3. The molecule has 14 heavy (non-hydrogen) atoms. The summed E-state index contributed by atoms with van der Waals surface area (Å²) in [6.07, 6.45) is 1.18. The monoisotopic (exact) mass is 211 g/mol. The van der Waals surface area contributed by atoms with Crippen molar-refractivity contribution < 1.29 is 9.72 Å². The molecular weight excluding hydrogens is 206 g/mol. The van der Waals surface area contributed by atoms with E-state index in [9.17, 15) is 14.9 Å². The van der Waals surface area contributed by atoms with Gasteiger partial charge in [-0.3, -0.25) is 14.9 Å². The molecule has 0 radical (unpaired) electrons. The fourth-order valence-corrected chi connectivity index (χ4v) is 1.02. The van der Waals surface area contributed by atoms with E-state index >= 15 is 0 Å². The number of carbonyl (C=O) groups is 1. The number of carbonyl (C=O) groups excluding carboxylic acids is 1. The van der Waals surface area contributed by atoms with Crippen LogP contribution < -0.4 is 0 Å². The Labute approximate surface area is 85.0 Å². The molecule has 0 saturated carbocycles. The molecule has 0 N–H and O–H groups in total. The lowest BCUT2D eigenvalue weighted by Crippen LogP contribution is -1.94. The van der Waals surface area contributed by atoms with Gasteiger partial charge in [-0.05, 0) is 18.2 Å². The number of halogens is 1. The maximum atomic E-state index is 11.2. The van der Waals surface area contributed by atoms with Gasteiger partial charge in [0.15, 0.2) is 5.78 Å². The van der Waals surface area contributed by atoms with Crippen molar-refractivity contribution in [3.63, 3.8) is 0 Å². The van der Waals surface area contributed by atoms with Crippen LogP contribution in [0.4, 0.5) is 5.69 Å². The van der Waals surface area contributed by atoms with Gasteiger partial charge in [0, 0.05) is 23.2 Å². The third kappa shape index (κ3) is 2.40. The molecule has 4 nitrogen and oxygen atoms in total. The molecule has 1 rings (SSSR count). The van der Waals surface area contributed by atoms with E-state index in [1.54, 1.807) is 0 Å². The predicted octanol–water partition coefficient (Wildman–Crippen LogP) is 2.53. The first-order valence-electron chi connectivity index (χ1n) is 3.70. The van der Waals surface area contributed by atoms with Gasteiger partial charge in [-0.15, -0.1) is 0 Å². The molecule has 5 heteroatoms. The zero-order valence-electron chi connectivity index (χ0n) is 7.01. The number of rotatable bonds is 3. The number of nitrogens with zero attached hydrogens (tertiary/aromatic N) is 1. The number of hydrogen-bond donors (Lipinski definition) is 0. The summed E-state index contributed by atoms with van der Waals surface area (Å²) in [5.74, 6) is -0.283. The SMILES string of the molecule is O=C(/C=C/Cl)c1ccc([N+](=O)[O-])cc1. The topological polar surface area (TPSA) is 60.2 Å². The van der Waals surface area contributed by atoms with Crippen LogP contribution in [0.1, 0.15) is 10.4 Å². The lowest BCUT2D eigenvalue weighted by molar-refractivity contribution is -0.384. The number of non-ortho nitro benzene ring substituents is 1. The molecule has 0 fully saturated rings. The molecule has 0 atom stereocenters. The van der Waals surface area contributed by atoms with E-state index in [4.69, 9.17) is 11.6 Å². The Morgan fingerprint density at radius 3 is 2.36 bits per heavy atom. The largest absolute Gasteiger partial charge is 0.289 e. The Morgan fingerprint density at radius 1 is 1.36 bits per heavy atom. The van der Waals surface area contributed by atoms with Crippen LogP contribution >= 0.6 is 11.6 Å². The maximum absolute atomic E-state index is 11.2. The first-order valence-corrected chi connectivity index (χ1v) is 4.14. The molecule has 1 aromatic carbocycles. The van der Waals surface area contributed by atoms with Crippen LogP contribution in [0.25, 0.3) is 0 Å². The van der Waals surface area contributed by atoms with Crippen molar-refractivity contribution in [1.29, 1.82) is 0 Å². The second-order valence-electron chi connectivity index (χ2n) is 2.46. The van der Waals surface area contributed by atoms with E-state index in [2.05, 4.69) is 0 Å². The summed E-state index contributed by atoms with van der Waals surface area (Å²) in [6.45, 7) is 0. The summed E-state index contributed by atoms with van der Waals surface area (Å²) in [5.41, 5.74) is 1.42. The highest BCUT2D eigenvalue weighted by molar-refractivity contribution is 6.27. The Balaban J connectivity index is 2.94. The molecule has 1 aromatic rings. The van der Waals surface area contributed by atoms with Crippen molar-refractivity contribution in [1.82, 2.24) is 0 Å². The van der Waals surface area contributed by atoms with E-state index in [0.29, 0.717) is 5.56 Å². The highest BCUT2D eigenvalue weighted by Crippen LogP contribution is 2.12. The summed E-state index contributed by atoms with van der Waals surface area (Å²) >= 11 is 5.22. The Kier molecular flexibility index (Phi) is 3.36. The number of nitro benzene ring substituents is 1. The van der Waals surface area contributed by atoms with Crippen LogP contribution in [0.3, 0.4) is 0 Å². The van der Waals surface area contributed by atoms with E-state index in [0.717, 1.165) is 5.54 Å². The normalized spacial score (nSPS) is 10.4. The zero-order valence-corrected chi connectivity index (χ0v) is 7.77. The first kappa shape index (κ1) is 10.4. The van der Waals surface area contributed by atoms with Gasteiger partial charge >= 0.3 is 0 Å². The summed E-state index contributed by atoms with van der Waals surface area (Å²) < 4.78 is 0. The van der Waals surface area contributed by atoms with E-state index < -0.39 is 4.92 Å². The molecule has 0 heterocycles. The fraction of sp³-hybridized carbons (Fsp3) is 0. The predicted molar refractivity (Wildman–Crippen MR) is 52.4 cm³/mol. The van der Waals surface area contributed by atoms with E-state index in [-0.39, 0.29) is 11.5 Å². The third-order valence-corrected chi connectivity index (χ3v) is 1.70. The van der Waals surface area contributed by atoms with Crippen LogP contribution in [-0.2, 0) is 0 Å². The fourth-order valence-electron chi connectivity index (χ4n) is 0.901. The summed E-state index contributed by atoms with van der Waals surface area (Å²) in [5, 5.41) is 10.3. The van der Waals surface area contributed by atoms with Gasteiger partial charge in [-0.2, -0.15) is 0 Å². The van der Waals surface area contributed by atoms with Crippen LogP contribution in [0.5, 0.6) is 0 Å². The Morgan fingerprint density at radius 2 is 1.93 bits per heavy atom. The number of hydrogen-bond acceptors (Lipinski definition) is 3. The molecule has 0 saturated heterocycles. The number of ketones is 1. The quantitative estimate of drug-likeness (QED) is 0.334. The number of nitro groups is 1. The summed E-state index contributed by atoms with van der Waals surface area (Å²) in [7, 11) is 0. The number of benzene rings is 1. The van der Waals surface area contributed by atoms with Crippen molar-refractivity contribution in [2.24, 2.45) is 0 Å². The molecule has 0 bridgehead atoms. The first-order chi connectivity index (χ1) is 6.65. The lowest BCUT2D eigenvalue weighted by Gasteiger charge is -1.94.